The summed E-state index contributed by atoms with van der Waals surface area (Å²) in [5.41, 5.74) is 9.88. The second-order valence-electron chi connectivity index (χ2n) is 4.49. The van der Waals surface area contributed by atoms with Crippen LogP contribution in [0.3, 0.4) is 0 Å². The molecule has 0 aliphatic rings. The molecule has 0 aliphatic carbocycles. The number of carbonyl (C=O) groups is 1. The molecule has 1 aromatic rings. The number of likely N-dealkylation sites (N-methyl/N-ethyl adjacent to an activating group) is 1. The van der Waals surface area contributed by atoms with Gasteiger partial charge in [0, 0.05) is 6.54 Å². The zero-order valence-electron chi connectivity index (χ0n) is 10.4. The average molecular weight is 275 g/mol. The van der Waals surface area contributed by atoms with Gasteiger partial charge in [-0.25, -0.2) is 0 Å². The third-order valence-electron chi connectivity index (χ3n) is 2.70. The summed E-state index contributed by atoms with van der Waals surface area (Å²) in [5.74, 6) is -0.868. The number of alkyl halides is 3. The topological polar surface area (TPSA) is 72.3 Å². The molecule has 1 amide bonds. The van der Waals surface area contributed by atoms with Crippen molar-refractivity contribution < 1.29 is 18.0 Å². The number of carbonyl (C=O) groups excluding carboxylic acids is 1. The van der Waals surface area contributed by atoms with E-state index in [1.807, 2.05) is 0 Å². The number of nitrogens with zero attached hydrogens (tertiary/aromatic N) is 1. The van der Waals surface area contributed by atoms with E-state index in [0.29, 0.717) is 5.56 Å². The zero-order valence-corrected chi connectivity index (χ0v) is 10.4. The fraction of sp³-hybridized carbons (Fsp3) is 0.417. The van der Waals surface area contributed by atoms with Crippen molar-refractivity contribution in [3.8, 4) is 0 Å². The molecule has 0 spiro atoms. The van der Waals surface area contributed by atoms with Crippen LogP contribution in [0, 0.1) is 0 Å². The predicted molar refractivity (Wildman–Crippen MR) is 65.1 cm³/mol. The maximum absolute atomic E-state index is 12.3. The number of nitrogens with two attached hydrogens (primary N) is 2. The van der Waals surface area contributed by atoms with Gasteiger partial charge in [0.05, 0.1) is 6.54 Å². The summed E-state index contributed by atoms with van der Waals surface area (Å²) in [7, 11) is 1.24. The molecule has 4 nitrogen and oxygen atoms in total. The first kappa shape index (κ1) is 15.5. The van der Waals surface area contributed by atoms with E-state index < -0.39 is 24.2 Å². The lowest BCUT2D eigenvalue weighted by Gasteiger charge is -2.31. The van der Waals surface area contributed by atoms with Gasteiger partial charge < -0.3 is 11.5 Å². The van der Waals surface area contributed by atoms with E-state index in [1.165, 1.54) is 7.05 Å². The van der Waals surface area contributed by atoms with E-state index >= 15 is 0 Å². The van der Waals surface area contributed by atoms with E-state index in [-0.39, 0.29) is 6.54 Å². The number of amides is 1. The maximum atomic E-state index is 12.3. The van der Waals surface area contributed by atoms with Crippen LogP contribution >= 0.6 is 0 Å². The van der Waals surface area contributed by atoms with Crippen LogP contribution in [0.2, 0.25) is 0 Å². The number of hydrogen-bond acceptors (Lipinski definition) is 3. The molecule has 0 heterocycles. The Balaban J connectivity index is 2.93. The van der Waals surface area contributed by atoms with Gasteiger partial charge in [0.25, 0.3) is 0 Å². The molecule has 1 unspecified atom stereocenters. The first-order chi connectivity index (χ1) is 8.65. The quantitative estimate of drug-likeness (QED) is 0.835. The van der Waals surface area contributed by atoms with Crippen LogP contribution < -0.4 is 11.5 Å². The highest BCUT2D eigenvalue weighted by Gasteiger charge is 2.38. The standard InChI is InChI=1S/C12H16F3N3O/c1-18(8-12(13,14)15)7-11(17,10(16)19)9-5-3-2-4-6-9/h2-6H,7-8,17H2,1H3,(H2,16,19). The monoisotopic (exact) mass is 275 g/mol. The molecule has 4 N–H and O–H groups in total. The van der Waals surface area contributed by atoms with Gasteiger partial charge in [-0.1, -0.05) is 30.3 Å². The highest BCUT2D eigenvalue weighted by Crippen LogP contribution is 2.21. The molecule has 1 rings (SSSR count). The minimum atomic E-state index is -4.36. The Hall–Kier alpha value is -1.60. The second-order valence-corrected chi connectivity index (χ2v) is 4.49. The van der Waals surface area contributed by atoms with Crippen LogP contribution in [-0.4, -0.2) is 37.1 Å². The van der Waals surface area contributed by atoms with E-state index in [4.69, 9.17) is 11.5 Å². The molecule has 106 valence electrons. The van der Waals surface area contributed by atoms with Crippen LogP contribution in [-0.2, 0) is 10.3 Å². The number of benzene rings is 1. The lowest BCUT2D eigenvalue weighted by atomic mass is 9.89. The molecule has 0 saturated heterocycles. The first-order valence-electron chi connectivity index (χ1n) is 5.55. The molecule has 1 atom stereocenters. The minimum Gasteiger partial charge on any atom is -0.368 e. The molecular weight excluding hydrogens is 259 g/mol. The van der Waals surface area contributed by atoms with Crippen molar-refractivity contribution in [3.05, 3.63) is 35.9 Å². The molecule has 0 aliphatic heterocycles. The van der Waals surface area contributed by atoms with E-state index in [1.54, 1.807) is 30.3 Å². The molecular formula is C12H16F3N3O. The van der Waals surface area contributed by atoms with Crippen molar-refractivity contribution in [2.75, 3.05) is 20.1 Å². The van der Waals surface area contributed by atoms with Crippen LogP contribution in [0.25, 0.3) is 0 Å². The Bertz CT molecular complexity index is 436. The molecule has 1 aromatic carbocycles. The summed E-state index contributed by atoms with van der Waals surface area (Å²) >= 11 is 0. The fourth-order valence-corrected chi connectivity index (χ4v) is 1.83. The predicted octanol–water partition coefficient (Wildman–Crippen LogP) is 0.820. The van der Waals surface area contributed by atoms with E-state index in [0.717, 1.165) is 4.90 Å². The number of rotatable bonds is 5. The molecule has 19 heavy (non-hydrogen) atoms. The first-order valence-corrected chi connectivity index (χ1v) is 5.55. The average Bonchev–Trinajstić information content (AvgIpc) is 2.27. The Morgan fingerprint density at radius 2 is 1.74 bits per heavy atom. The summed E-state index contributed by atoms with van der Waals surface area (Å²) in [5, 5.41) is 0. The van der Waals surface area contributed by atoms with Crippen molar-refractivity contribution in [2.45, 2.75) is 11.7 Å². The van der Waals surface area contributed by atoms with Gasteiger partial charge in [0.2, 0.25) is 5.91 Å². The Morgan fingerprint density at radius 3 is 2.16 bits per heavy atom. The minimum absolute atomic E-state index is 0.314. The zero-order chi connectivity index (χ0) is 14.7. The van der Waals surface area contributed by atoms with Crippen LogP contribution in [0.15, 0.2) is 30.3 Å². The molecule has 0 bridgehead atoms. The van der Waals surface area contributed by atoms with Crippen molar-refractivity contribution in [3.63, 3.8) is 0 Å². The van der Waals surface area contributed by atoms with Crippen molar-refractivity contribution >= 4 is 5.91 Å². The van der Waals surface area contributed by atoms with Gasteiger partial charge in [0.15, 0.2) is 0 Å². The van der Waals surface area contributed by atoms with Crippen molar-refractivity contribution in [1.29, 1.82) is 0 Å². The maximum Gasteiger partial charge on any atom is 0.401 e. The highest BCUT2D eigenvalue weighted by molar-refractivity contribution is 5.86. The largest absolute Gasteiger partial charge is 0.401 e. The number of halogens is 3. The summed E-state index contributed by atoms with van der Waals surface area (Å²) < 4.78 is 36.9. The fourth-order valence-electron chi connectivity index (χ4n) is 1.83. The van der Waals surface area contributed by atoms with Gasteiger partial charge in [0.1, 0.15) is 5.54 Å². The van der Waals surface area contributed by atoms with Crippen LogP contribution in [0.1, 0.15) is 5.56 Å². The smallest absolute Gasteiger partial charge is 0.368 e. The van der Waals surface area contributed by atoms with Crippen molar-refractivity contribution in [1.82, 2.24) is 4.90 Å². The Morgan fingerprint density at radius 1 is 1.21 bits per heavy atom. The summed E-state index contributed by atoms with van der Waals surface area (Å²) in [4.78, 5) is 12.4. The second kappa shape index (κ2) is 5.58. The Kier molecular flexibility index (Phi) is 4.54. The van der Waals surface area contributed by atoms with Gasteiger partial charge in [-0.15, -0.1) is 0 Å². The third kappa shape index (κ3) is 4.22. The van der Waals surface area contributed by atoms with Gasteiger partial charge in [-0.05, 0) is 12.6 Å². The van der Waals surface area contributed by atoms with Crippen LogP contribution in [0.5, 0.6) is 0 Å². The summed E-state index contributed by atoms with van der Waals surface area (Å²) in [6.45, 7) is -1.47. The normalized spacial score (nSPS) is 15.3. The highest BCUT2D eigenvalue weighted by atomic mass is 19.4. The van der Waals surface area contributed by atoms with Crippen LogP contribution in [0.4, 0.5) is 13.2 Å². The molecule has 0 saturated carbocycles. The lowest BCUT2D eigenvalue weighted by molar-refractivity contribution is -0.146. The van der Waals surface area contributed by atoms with Gasteiger partial charge in [-0.2, -0.15) is 13.2 Å². The van der Waals surface area contributed by atoms with Crippen molar-refractivity contribution in [2.24, 2.45) is 11.5 Å². The molecule has 0 radical (unpaired) electrons. The van der Waals surface area contributed by atoms with E-state index in [9.17, 15) is 18.0 Å². The number of hydrogen-bond donors (Lipinski definition) is 2. The molecule has 7 heteroatoms. The van der Waals surface area contributed by atoms with E-state index in [2.05, 4.69) is 0 Å². The van der Waals surface area contributed by atoms with Gasteiger partial charge >= 0.3 is 6.18 Å². The SMILES string of the molecule is CN(CC(F)(F)F)CC(N)(C(N)=O)c1ccccc1. The molecule has 0 fully saturated rings. The summed E-state index contributed by atoms with van der Waals surface area (Å²) in [6, 6.07) is 8.12. The third-order valence-corrected chi connectivity index (χ3v) is 2.70. The van der Waals surface area contributed by atoms with Gasteiger partial charge in [-0.3, -0.25) is 9.69 Å². The summed E-state index contributed by atoms with van der Waals surface area (Å²) in [6.07, 6.45) is -4.36. The molecule has 0 aromatic heterocycles. The lowest BCUT2D eigenvalue weighted by Crippen LogP contribution is -2.56. The Labute approximate surface area is 109 Å². The number of primary amides is 1.